The van der Waals surface area contributed by atoms with Gasteiger partial charge in [0, 0.05) is 26.2 Å². The van der Waals surface area contributed by atoms with Crippen LogP contribution in [0.1, 0.15) is 18.1 Å². The highest BCUT2D eigenvalue weighted by Crippen LogP contribution is 2.22. The summed E-state index contributed by atoms with van der Waals surface area (Å²) in [6, 6.07) is 8.16. The van der Waals surface area contributed by atoms with Crippen LogP contribution in [0.4, 0.5) is 5.95 Å². The number of nitrogens with zero attached hydrogens (tertiary/aromatic N) is 4. The Hall–Kier alpha value is -2.06. The predicted molar refractivity (Wildman–Crippen MR) is 102 cm³/mol. The molecule has 2 aromatic rings. The third-order valence-corrected chi connectivity index (χ3v) is 5.22. The zero-order chi connectivity index (χ0) is 18.4. The van der Waals surface area contributed by atoms with Crippen molar-refractivity contribution < 1.29 is 9.53 Å². The number of aryl methyl sites for hydroxylation is 1. The summed E-state index contributed by atoms with van der Waals surface area (Å²) in [7, 11) is 0. The molecular weight excluding hydrogens is 350 g/mol. The second kappa shape index (κ2) is 9.05. The van der Waals surface area contributed by atoms with Crippen LogP contribution in [0.25, 0.3) is 0 Å². The van der Waals surface area contributed by atoms with Gasteiger partial charge in [-0.15, -0.1) is 10.2 Å². The van der Waals surface area contributed by atoms with Gasteiger partial charge in [-0.25, -0.2) is 0 Å². The Morgan fingerprint density at radius 1 is 1.23 bits per heavy atom. The molecule has 1 aromatic heterocycles. The standard InChI is InChI=1S/C18H25N5O2S/c1-3-23-17(22-8-10-25-11-9-22)20-21-18(23)26-13-16(24)19-12-15-6-4-14(2)5-7-15/h4-7H,3,8-13H2,1-2H3,(H,19,24). The first-order valence-corrected chi connectivity index (χ1v) is 9.87. The van der Waals surface area contributed by atoms with Gasteiger partial charge in [0.05, 0.1) is 19.0 Å². The number of anilines is 1. The van der Waals surface area contributed by atoms with Crippen molar-refractivity contribution in [1.29, 1.82) is 0 Å². The van der Waals surface area contributed by atoms with E-state index in [-0.39, 0.29) is 5.91 Å². The van der Waals surface area contributed by atoms with E-state index in [1.807, 2.05) is 31.2 Å². The molecule has 3 rings (SSSR count). The third-order valence-electron chi connectivity index (χ3n) is 4.25. The fourth-order valence-electron chi connectivity index (χ4n) is 2.75. The third kappa shape index (κ3) is 4.76. The maximum atomic E-state index is 12.1. The van der Waals surface area contributed by atoms with Crippen LogP contribution >= 0.6 is 11.8 Å². The van der Waals surface area contributed by atoms with E-state index in [0.717, 1.165) is 36.3 Å². The van der Waals surface area contributed by atoms with Crippen molar-refractivity contribution in [3.63, 3.8) is 0 Å². The number of carbonyl (C=O) groups excluding carboxylic acids is 1. The van der Waals surface area contributed by atoms with Crippen molar-refractivity contribution >= 4 is 23.6 Å². The number of aromatic nitrogens is 3. The van der Waals surface area contributed by atoms with E-state index in [2.05, 4.69) is 31.9 Å². The molecule has 1 amide bonds. The van der Waals surface area contributed by atoms with Crippen molar-refractivity contribution in [2.24, 2.45) is 0 Å². The highest BCUT2D eigenvalue weighted by molar-refractivity contribution is 7.99. The minimum Gasteiger partial charge on any atom is -0.378 e. The van der Waals surface area contributed by atoms with Gasteiger partial charge in [-0.2, -0.15) is 0 Å². The zero-order valence-electron chi connectivity index (χ0n) is 15.3. The number of rotatable bonds is 7. The molecule has 0 bridgehead atoms. The second-order valence-electron chi connectivity index (χ2n) is 6.18. The summed E-state index contributed by atoms with van der Waals surface area (Å²) in [6.45, 7) is 8.48. The Morgan fingerprint density at radius 3 is 2.65 bits per heavy atom. The number of ether oxygens (including phenoxy) is 1. The number of carbonyl (C=O) groups is 1. The molecule has 0 atom stereocenters. The van der Waals surface area contributed by atoms with Crippen LogP contribution in [0, 0.1) is 6.92 Å². The minimum atomic E-state index is -0.00542. The summed E-state index contributed by atoms with van der Waals surface area (Å²) in [5.41, 5.74) is 2.31. The summed E-state index contributed by atoms with van der Waals surface area (Å²) in [4.78, 5) is 14.3. The lowest BCUT2D eigenvalue weighted by Gasteiger charge is -2.27. The van der Waals surface area contributed by atoms with Gasteiger partial charge in [0.15, 0.2) is 5.16 Å². The Labute approximate surface area is 158 Å². The van der Waals surface area contributed by atoms with E-state index in [1.54, 1.807) is 0 Å². The van der Waals surface area contributed by atoms with Crippen molar-refractivity contribution in [1.82, 2.24) is 20.1 Å². The van der Waals surface area contributed by atoms with Crippen LogP contribution in [0.5, 0.6) is 0 Å². The molecule has 0 spiro atoms. The van der Waals surface area contributed by atoms with Crippen LogP contribution in [0.15, 0.2) is 29.4 Å². The smallest absolute Gasteiger partial charge is 0.230 e. The van der Waals surface area contributed by atoms with Crippen LogP contribution in [-0.4, -0.2) is 52.7 Å². The van der Waals surface area contributed by atoms with Gasteiger partial charge in [-0.05, 0) is 19.4 Å². The van der Waals surface area contributed by atoms with Gasteiger partial charge < -0.3 is 15.0 Å². The normalized spacial score (nSPS) is 14.5. The van der Waals surface area contributed by atoms with E-state index in [0.29, 0.717) is 25.5 Å². The quantitative estimate of drug-likeness (QED) is 0.745. The Morgan fingerprint density at radius 2 is 1.96 bits per heavy atom. The topological polar surface area (TPSA) is 72.3 Å². The molecule has 8 heteroatoms. The Bertz CT molecular complexity index is 726. The van der Waals surface area contributed by atoms with Gasteiger partial charge in [0.25, 0.3) is 0 Å². The molecule has 0 radical (unpaired) electrons. The molecule has 1 aromatic carbocycles. The molecule has 1 saturated heterocycles. The summed E-state index contributed by atoms with van der Waals surface area (Å²) in [6.07, 6.45) is 0. The molecular formula is C18H25N5O2S. The summed E-state index contributed by atoms with van der Waals surface area (Å²) in [5, 5.41) is 12.3. The zero-order valence-corrected chi connectivity index (χ0v) is 16.1. The van der Waals surface area contributed by atoms with Crippen LogP contribution in [-0.2, 0) is 22.6 Å². The fraction of sp³-hybridized carbons (Fsp3) is 0.500. The van der Waals surface area contributed by atoms with Gasteiger partial charge in [-0.1, -0.05) is 41.6 Å². The first kappa shape index (κ1) is 18.7. The van der Waals surface area contributed by atoms with E-state index in [4.69, 9.17) is 4.74 Å². The minimum absolute atomic E-state index is 0.00542. The number of thioether (sulfide) groups is 1. The lowest BCUT2D eigenvalue weighted by Crippen LogP contribution is -2.38. The lowest BCUT2D eigenvalue weighted by molar-refractivity contribution is -0.118. The van der Waals surface area contributed by atoms with E-state index in [1.165, 1.54) is 17.3 Å². The van der Waals surface area contributed by atoms with E-state index < -0.39 is 0 Å². The number of hydrogen-bond donors (Lipinski definition) is 1. The van der Waals surface area contributed by atoms with Gasteiger partial charge in [0.1, 0.15) is 0 Å². The molecule has 2 heterocycles. The average Bonchev–Trinajstić information content (AvgIpc) is 3.09. The number of amides is 1. The van der Waals surface area contributed by atoms with Crippen molar-refractivity contribution in [3.05, 3.63) is 35.4 Å². The number of morpholine rings is 1. The second-order valence-corrected chi connectivity index (χ2v) is 7.12. The summed E-state index contributed by atoms with van der Waals surface area (Å²) in [5.74, 6) is 1.18. The first-order chi connectivity index (χ1) is 12.7. The SMILES string of the molecule is CCn1c(SCC(=O)NCc2ccc(C)cc2)nnc1N1CCOCC1. The Balaban J connectivity index is 1.52. The van der Waals surface area contributed by atoms with Gasteiger partial charge >= 0.3 is 0 Å². The monoisotopic (exact) mass is 375 g/mol. The maximum absolute atomic E-state index is 12.1. The van der Waals surface area contributed by atoms with Crippen molar-refractivity contribution in [2.45, 2.75) is 32.1 Å². The maximum Gasteiger partial charge on any atom is 0.230 e. The molecule has 140 valence electrons. The van der Waals surface area contributed by atoms with Crippen LogP contribution < -0.4 is 10.2 Å². The average molecular weight is 375 g/mol. The first-order valence-electron chi connectivity index (χ1n) is 8.88. The van der Waals surface area contributed by atoms with Crippen molar-refractivity contribution in [3.8, 4) is 0 Å². The van der Waals surface area contributed by atoms with Gasteiger partial charge in [-0.3, -0.25) is 9.36 Å². The molecule has 0 saturated carbocycles. The number of benzene rings is 1. The molecule has 1 fully saturated rings. The predicted octanol–water partition coefficient (Wildman–Crippen LogP) is 1.85. The van der Waals surface area contributed by atoms with Crippen LogP contribution in [0.3, 0.4) is 0 Å². The molecule has 7 nitrogen and oxygen atoms in total. The highest BCUT2D eigenvalue weighted by Gasteiger charge is 2.20. The summed E-state index contributed by atoms with van der Waals surface area (Å²) < 4.78 is 7.45. The molecule has 1 aliphatic heterocycles. The largest absolute Gasteiger partial charge is 0.378 e. The van der Waals surface area contributed by atoms with Gasteiger partial charge in [0.2, 0.25) is 11.9 Å². The van der Waals surface area contributed by atoms with Crippen molar-refractivity contribution in [2.75, 3.05) is 37.0 Å². The molecule has 0 unspecified atom stereocenters. The van der Waals surface area contributed by atoms with Crippen LogP contribution in [0.2, 0.25) is 0 Å². The highest BCUT2D eigenvalue weighted by atomic mass is 32.2. The summed E-state index contributed by atoms with van der Waals surface area (Å²) >= 11 is 1.42. The van der Waals surface area contributed by atoms with E-state index in [9.17, 15) is 4.79 Å². The Kier molecular flexibility index (Phi) is 6.51. The number of hydrogen-bond acceptors (Lipinski definition) is 6. The molecule has 1 N–H and O–H groups in total. The molecule has 1 aliphatic rings. The molecule has 0 aliphatic carbocycles. The fourth-order valence-corrected chi connectivity index (χ4v) is 3.58. The lowest BCUT2D eigenvalue weighted by atomic mass is 10.1. The molecule has 26 heavy (non-hydrogen) atoms. The number of nitrogens with one attached hydrogen (secondary N) is 1. The van der Waals surface area contributed by atoms with E-state index >= 15 is 0 Å².